The van der Waals surface area contributed by atoms with E-state index in [0.717, 1.165) is 48.5 Å². The topological polar surface area (TPSA) is 62.5 Å². The summed E-state index contributed by atoms with van der Waals surface area (Å²) in [5.74, 6) is 1.10. The molecular formula is C16H20N4O. The third kappa shape index (κ3) is 2.69. The number of para-hydroxylation sites is 1. The maximum atomic E-state index is 11.4. The molecular weight excluding hydrogens is 264 g/mol. The van der Waals surface area contributed by atoms with Crippen LogP contribution in [-0.4, -0.2) is 42.0 Å². The number of fused-ring (bicyclic) bond motifs is 1. The van der Waals surface area contributed by atoms with Crippen LogP contribution in [-0.2, 0) is 11.3 Å². The summed E-state index contributed by atoms with van der Waals surface area (Å²) in [5.41, 5.74) is 7.97. The molecule has 3 rings (SSSR count). The Morgan fingerprint density at radius 2 is 1.95 bits per heavy atom. The molecule has 1 aliphatic rings. The predicted molar refractivity (Wildman–Crippen MR) is 84.1 cm³/mol. The average Bonchev–Trinajstić information content (AvgIpc) is 2.53. The van der Waals surface area contributed by atoms with Crippen molar-refractivity contribution in [1.82, 2.24) is 9.88 Å². The van der Waals surface area contributed by atoms with E-state index in [0.29, 0.717) is 6.54 Å². The smallest absolute Gasteiger partial charge is 0.219 e. The van der Waals surface area contributed by atoms with E-state index in [9.17, 15) is 4.79 Å². The van der Waals surface area contributed by atoms with Gasteiger partial charge in [0.25, 0.3) is 0 Å². The summed E-state index contributed by atoms with van der Waals surface area (Å²) in [6.07, 6.45) is 0. The second kappa shape index (κ2) is 5.69. The molecule has 5 nitrogen and oxygen atoms in total. The van der Waals surface area contributed by atoms with E-state index >= 15 is 0 Å². The van der Waals surface area contributed by atoms with Gasteiger partial charge < -0.3 is 15.5 Å². The molecule has 110 valence electrons. The molecule has 5 heteroatoms. The van der Waals surface area contributed by atoms with Crippen molar-refractivity contribution in [1.29, 1.82) is 0 Å². The lowest BCUT2D eigenvalue weighted by molar-refractivity contribution is -0.129. The van der Waals surface area contributed by atoms with Crippen molar-refractivity contribution in [2.75, 3.05) is 31.1 Å². The average molecular weight is 284 g/mol. The molecule has 1 aromatic carbocycles. The van der Waals surface area contributed by atoms with Crippen LogP contribution in [0.3, 0.4) is 0 Å². The molecule has 0 spiro atoms. The number of nitrogens with two attached hydrogens (primary N) is 1. The quantitative estimate of drug-likeness (QED) is 0.904. The maximum Gasteiger partial charge on any atom is 0.219 e. The van der Waals surface area contributed by atoms with Crippen LogP contribution < -0.4 is 10.6 Å². The lowest BCUT2D eigenvalue weighted by atomic mass is 10.1. The van der Waals surface area contributed by atoms with Crippen molar-refractivity contribution < 1.29 is 4.79 Å². The maximum absolute atomic E-state index is 11.4. The first-order chi connectivity index (χ1) is 10.2. The molecule has 1 fully saturated rings. The second-order valence-corrected chi connectivity index (χ2v) is 5.35. The number of pyridine rings is 1. The van der Waals surface area contributed by atoms with Crippen LogP contribution in [0.4, 0.5) is 5.82 Å². The number of benzene rings is 1. The van der Waals surface area contributed by atoms with Gasteiger partial charge in [0.2, 0.25) is 5.91 Å². The third-order valence-corrected chi connectivity index (χ3v) is 4.06. The third-order valence-electron chi connectivity index (χ3n) is 4.06. The molecule has 21 heavy (non-hydrogen) atoms. The largest absolute Gasteiger partial charge is 0.353 e. The Hall–Kier alpha value is -2.14. The predicted octanol–water partition coefficient (Wildman–Crippen LogP) is 1.36. The highest BCUT2D eigenvalue weighted by atomic mass is 16.2. The Labute approximate surface area is 124 Å². The number of hydrogen-bond donors (Lipinski definition) is 1. The fourth-order valence-corrected chi connectivity index (χ4v) is 2.81. The van der Waals surface area contributed by atoms with Gasteiger partial charge in [-0.2, -0.15) is 0 Å². The second-order valence-electron chi connectivity index (χ2n) is 5.35. The van der Waals surface area contributed by atoms with Gasteiger partial charge in [0.1, 0.15) is 5.82 Å². The Kier molecular flexibility index (Phi) is 3.75. The minimum Gasteiger partial charge on any atom is -0.353 e. The van der Waals surface area contributed by atoms with E-state index in [4.69, 9.17) is 10.7 Å². The zero-order valence-corrected chi connectivity index (χ0v) is 12.2. The van der Waals surface area contributed by atoms with Crippen LogP contribution >= 0.6 is 0 Å². The van der Waals surface area contributed by atoms with Crippen molar-refractivity contribution in [2.45, 2.75) is 13.5 Å². The van der Waals surface area contributed by atoms with Gasteiger partial charge in [-0.1, -0.05) is 18.2 Å². The fraction of sp³-hybridized carbons (Fsp3) is 0.375. The minimum atomic E-state index is 0.142. The Morgan fingerprint density at radius 1 is 1.24 bits per heavy atom. The number of piperazine rings is 1. The zero-order valence-electron chi connectivity index (χ0n) is 12.2. The van der Waals surface area contributed by atoms with Crippen molar-refractivity contribution in [3.63, 3.8) is 0 Å². The highest BCUT2D eigenvalue weighted by Crippen LogP contribution is 2.23. The van der Waals surface area contributed by atoms with Gasteiger partial charge in [-0.3, -0.25) is 4.79 Å². The highest BCUT2D eigenvalue weighted by Gasteiger charge is 2.20. The number of carbonyl (C=O) groups excluding carboxylic acids is 1. The number of hydrogen-bond acceptors (Lipinski definition) is 4. The van der Waals surface area contributed by atoms with Crippen molar-refractivity contribution >= 4 is 22.6 Å². The molecule has 0 aliphatic carbocycles. The molecule has 1 aromatic heterocycles. The summed E-state index contributed by atoms with van der Waals surface area (Å²) in [5, 5.41) is 1.12. The molecule has 1 amide bonds. The standard InChI is InChI=1S/C16H20N4O/c1-12(21)19-6-8-20(9-7-19)16-10-13(11-17)14-4-2-3-5-15(14)18-16/h2-5,10H,6-9,11,17H2,1H3. The first kappa shape index (κ1) is 13.8. The minimum absolute atomic E-state index is 0.142. The van der Waals surface area contributed by atoms with Gasteiger partial charge in [0, 0.05) is 45.0 Å². The molecule has 0 saturated carbocycles. The molecule has 2 N–H and O–H groups in total. The van der Waals surface area contributed by atoms with Gasteiger partial charge in [-0.05, 0) is 17.7 Å². The van der Waals surface area contributed by atoms with Gasteiger partial charge in [-0.15, -0.1) is 0 Å². The highest BCUT2D eigenvalue weighted by molar-refractivity contribution is 5.84. The summed E-state index contributed by atoms with van der Waals surface area (Å²) in [7, 11) is 0. The van der Waals surface area contributed by atoms with Gasteiger partial charge in [-0.25, -0.2) is 4.98 Å². The van der Waals surface area contributed by atoms with E-state index in [1.165, 1.54) is 0 Å². The van der Waals surface area contributed by atoms with Gasteiger partial charge in [0.05, 0.1) is 5.52 Å². The van der Waals surface area contributed by atoms with Gasteiger partial charge >= 0.3 is 0 Å². The lowest BCUT2D eigenvalue weighted by Crippen LogP contribution is -2.48. The molecule has 0 atom stereocenters. The number of rotatable bonds is 2. The van der Waals surface area contributed by atoms with Crippen molar-refractivity contribution in [2.24, 2.45) is 5.73 Å². The first-order valence-electron chi connectivity index (χ1n) is 7.28. The molecule has 0 unspecified atom stereocenters. The first-order valence-corrected chi connectivity index (χ1v) is 7.28. The van der Waals surface area contributed by atoms with E-state index in [-0.39, 0.29) is 5.91 Å². The summed E-state index contributed by atoms with van der Waals surface area (Å²) in [6.45, 7) is 5.26. The van der Waals surface area contributed by atoms with Crippen LogP contribution in [0.2, 0.25) is 0 Å². The van der Waals surface area contributed by atoms with E-state index in [1.807, 2.05) is 23.1 Å². The van der Waals surface area contributed by atoms with Crippen molar-refractivity contribution in [3.05, 3.63) is 35.9 Å². The molecule has 1 saturated heterocycles. The molecule has 0 radical (unpaired) electrons. The van der Waals surface area contributed by atoms with Gasteiger partial charge in [0.15, 0.2) is 0 Å². The molecule has 1 aliphatic heterocycles. The Morgan fingerprint density at radius 3 is 2.62 bits per heavy atom. The number of nitrogens with zero attached hydrogens (tertiary/aromatic N) is 3. The summed E-state index contributed by atoms with van der Waals surface area (Å²) in [4.78, 5) is 20.2. The summed E-state index contributed by atoms with van der Waals surface area (Å²) in [6, 6.07) is 10.2. The summed E-state index contributed by atoms with van der Waals surface area (Å²) >= 11 is 0. The zero-order chi connectivity index (χ0) is 14.8. The van der Waals surface area contributed by atoms with Crippen LogP contribution in [0, 0.1) is 0 Å². The normalized spacial score (nSPS) is 15.5. The van der Waals surface area contributed by atoms with Crippen LogP contribution in [0.5, 0.6) is 0 Å². The number of aromatic nitrogens is 1. The van der Waals surface area contributed by atoms with E-state index < -0.39 is 0 Å². The van der Waals surface area contributed by atoms with Crippen LogP contribution in [0.1, 0.15) is 12.5 Å². The Bertz CT molecular complexity index is 662. The Balaban J connectivity index is 1.89. The van der Waals surface area contributed by atoms with Crippen molar-refractivity contribution in [3.8, 4) is 0 Å². The molecule has 0 bridgehead atoms. The SMILES string of the molecule is CC(=O)N1CCN(c2cc(CN)c3ccccc3n2)CC1. The fourth-order valence-electron chi connectivity index (χ4n) is 2.81. The monoisotopic (exact) mass is 284 g/mol. The molecule has 2 heterocycles. The number of carbonyl (C=O) groups is 1. The summed E-state index contributed by atoms with van der Waals surface area (Å²) < 4.78 is 0. The molecule has 2 aromatic rings. The van der Waals surface area contributed by atoms with Crippen LogP contribution in [0.25, 0.3) is 10.9 Å². The number of anilines is 1. The lowest BCUT2D eigenvalue weighted by Gasteiger charge is -2.35. The van der Waals surface area contributed by atoms with E-state index in [1.54, 1.807) is 6.92 Å². The van der Waals surface area contributed by atoms with Crippen LogP contribution in [0.15, 0.2) is 30.3 Å². The number of amides is 1. The van der Waals surface area contributed by atoms with E-state index in [2.05, 4.69) is 17.0 Å².